The van der Waals surface area contributed by atoms with E-state index in [9.17, 15) is 4.79 Å². The van der Waals surface area contributed by atoms with Crippen molar-refractivity contribution >= 4 is 29.9 Å². The largest absolute Gasteiger partial charge is 0.370 e. The van der Waals surface area contributed by atoms with Gasteiger partial charge in [-0.25, -0.2) is 0 Å². The van der Waals surface area contributed by atoms with Crippen molar-refractivity contribution in [2.24, 2.45) is 10.7 Å². The fraction of sp³-hybridized carbons (Fsp3) is 0.625. The Morgan fingerprint density at radius 2 is 1.86 bits per heavy atom. The maximum Gasteiger partial charge on any atom is 0.250 e. The maximum absolute atomic E-state index is 11.5. The summed E-state index contributed by atoms with van der Waals surface area (Å²) < 4.78 is 1.74. The van der Waals surface area contributed by atoms with Gasteiger partial charge in [-0.3, -0.25) is 9.79 Å². The zero-order valence-corrected chi connectivity index (χ0v) is 15.4. The van der Waals surface area contributed by atoms with Crippen molar-refractivity contribution in [2.75, 3.05) is 19.6 Å². The Kier molecular flexibility index (Phi) is 9.19. The molecule has 22 heavy (non-hydrogen) atoms. The number of guanidine groups is 1. The molecule has 124 valence electrons. The van der Waals surface area contributed by atoms with Crippen LogP contribution in [-0.2, 0) is 6.54 Å². The lowest BCUT2D eigenvalue weighted by atomic mass is 10.2. The Hall–Kier alpha value is -1.05. The van der Waals surface area contributed by atoms with Crippen molar-refractivity contribution in [3.05, 3.63) is 34.7 Å². The highest BCUT2D eigenvalue weighted by Crippen LogP contribution is 2.09. The molecule has 5 nitrogen and oxygen atoms in total. The first-order valence-corrected chi connectivity index (χ1v) is 7.98. The van der Waals surface area contributed by atoms with Gasteiger partial charge in [0.1, 0.15) is 0 Å². The van der Waals surface area contributed by atoms with Crippen LogP contribution in [0.2, 0.25) is 0 Å². The molecule has 1 fully saturated rings. The summed E-state index contributed by atoms with van der Waals surface area (Å²) in [5, 5.41) is 0. The zero-order valence-electron chi connectivity index (χ0n) is 13.1. The molecule has 0 atom stereocenters. The smallest absolute Gasteiger partial charge is 0.250 e. The quantitative estimate of drug-likeness (QED) is 0.346. The molecule has 2 N–H and O–H groups in total. The fourth-order valence-corrected chi connectivity index (χ4v) is 2.63. The Bertz CT molecular complexity index is 507. The SMILES string of the molecule is I.NC(=NCCCCn1ccccc1=O)N1CCCCCC1. The van der Waals surface area contributed by atoms with E-state index in [-0.39, 0.29) is 29.5 Å². The molecule has 0 aromatic carbocycles. The van der Waals surface area contributed by atoms with E-state index in [0.717, 1.165) is 39.0 Å². The molecule has 1 saturated heterocycles. The summed E-state index contributed by atoms with van der Waals surface area (Å²) in [6.07, 6.45) is 8.76. The number of unbranched alkanes of at least 4 members (excludes halogenated alkanes) is 1. The molecule has 0 aliphatic carbocycles. The molecular weight excluding hydrogens is 391 g/mol. The molecule has 1 aromatic heterocycles. The highest BCUT2D eigenvalue weighted by atomic mass is 127. The number of hydrogen-bond acceptors (Lipinski definition) is 2. The van der Waals surface area contributed by atoms with Gasteiger partial charge in [-0.2, -0.15) is 0 Å². The standard InChI is InChI=1S/C16H26N4O.HI/c17-16(20-13-5-1-2-6-14-20)18-10-4-8-12-19-11-7-3-9-15(19)21;/h3,7,9,11H,1-2,4-6,8,10,12-14H2,(H2,17,18);1H. The molecule has 0 spiro atoms. The third kappa shape index (κ3) is 6.37. The Balaban J connectivity index is 0.00000242. The minimum atomic E-state index is 0. The van der Waals surface area contributed by atoms with Crippen LogP contribution in [0.5, 0.6) is 0 Å². The molecular formula is C16H27IN4O. The summed E-state index contributed by atoms with van der Waals surface area (Å²) in [5.41, 5.74) is 6.12. The fourth-order valence-electron chi connectivity index (χ4n) is 2.63. The molecule has 6 heteroatoms. The Labute approximate surface area is 149 Å². The van der Waals surface area contributed by atoms with Crippen molar-refractivity contribution in [2.45, 2.75) is 45.1 Å². The van der Waals surface area contributed by atoms with Crippen molar-refractivity contribution in [1.29, 1.82) is 0 Å². The first-order valence-electron chi connectivity index (χ1n) is 7.98. The van der Waals surface area contributed by atoms with Crippen LogP contribution in [0.1, 0.15) is 38.5 Å². The average Bonchev–Trinajstić information content (AvgIpc) is 2.77. The first kappa shape index (κ1) is 19.0. The topological polar surface area (TPSA) is 63.6 Å². The second-order valence-corrected chi connectivity index (χ2v) is 5.58. The van der Waals surface area contributed by atoms with Gasteiger partial charge in [-0.15, -0.1) is 24.0 Å². The molecule has 0 saturated carbocycles. The van der Waals surface area contributed by atoms with E-state index in [0.29, 0.717) is 5.96 Å². The third-order valence-electron chi connectivity index (χ3n) is 3.91. The van der Waals surface area contributed by atoms with Crippen molar-refractivity contribution in [3.8, 4) is 0 Å². The highest BCUT2D eigenvalue weighted by molar-refractivity contribution is 14.0. The summed E-state index contributed by atoms with van der Waals surface area (Å²) >= 11 is 0. The lowest BCUT2D eigenvalue weighted by Gasteiger charge is -2.21. The minimum Gasteiger partial charge on any atom is -0.370 e. The number of halogens is 1. The van der Waals surface area contributed by atoms with Crippen LogP contribution < -0.4 is 11.3 Å². The number of nitrogens with zero attached hydrogens (tertiary/aromatic N) is 3. The Morgan fingerprint density at radius 1 is 1.14 bits per heavy atom. The predicted molar refractivity (Wildman–Crippen MR) is 102 cm³/mol. The van der Waals surface area contributed by atoms with Gasteiger partial charge in [0.2, 0.25) is 5.56 Å². The van der Waals surface area contributed by atoms with E-state index >= 15 is 0 Å². The summed E-state index contributed by atoms with van der Waals surface area (Å²) in [6, 6.07) is 5.25. The molecule has 1 aromatic rings. The number of rotatable bonds is 5. The number of aryl methyl sites for hydroxylation is 1. The average molecular weight is 418 g/mol. The van der Waals surface area contributed by atoms with Crippen LogP contribution in [0.3, 0.4) is 0 Å². The summed E-state index contributed by atoms with van der Waals surface area (Å²) in [5.74, 6) is 0.689. The van der Waals surface area contributed by atoms with E-state index in [2.05, 4.69) is 9.89 Å². The first-order chi connectivity index (χ1) is 10.3. The second-order valence-electron chi connectivity index (χ2n) is 5.58. The monoisotopic (exact) mass is 418 g/mol. The third-order valence-corrected chi connectivity index (χ3v) is 3.91. The summed E-state index contributed by atoms with van der Waals surface area (Å²) in [6.45, 7) is 3.56. The number of pyridine rings is 1. The number of likely N-dealkylation sites (tertiary alicyclic amines) is 1. The van der Waals surface area contributed by atoms with Gasteiger partial charge in [-0.05, 0) is 31.7 Å². The molecule has 2 heterocycles. The molecule has 1 aliphatic heterocycles. The number of hydrogen-bond donors (Lipinski definition) is 1. The van der Waals surface area contributed by atoms with Crippen LogP contribution in [-0.4, -0.2) is 35.1 Å². The van der Waals surface area contributed by atoms with Crippen LogP contribution in [0.4, 0.5) is 0 Å². The lowest BCUT2D eigenvalue weighted by Crippen LogP contribution is -2.38. The van der Waals surface area contributed by atoms with Crippen LogP contribution >= 0.6 is 24.0 Å². The van der Waals surface area contributed by atoms with E-state index in [4.69, 9.17) is 5.73 Å². The van der Waals surface area contributed by atoms with Crippen molar-refractivity contribution in [1.82, 2.24) is 9.47 Å². The van der Waals surface area contributed by atoms with E-state index < -0.39 is 0 Å². The highest BCUT2D eigenvalue weighted by Gasteiger charge is 2.10. The normalized spacial score (nSPS) is 16.0. The van der Waals surface area contributed by atoms with Gasteiger partial charge in [-0.1, -0.05) is 18.9 Å². The number of aromatic nitrogens is 1. The molecule has 0 bridgehead atoms. The predicted octanol–water partition coefficient (Wildman–Crippen LogP) is 2.44. The molecule has 0 unspecified atom stereocenters. The van der Waals surface area contributed by atoms with Gasteiger partial charge in [0, 0.05) is 38.4 Å². The van der Waals surface area contributed by atoms with Crippen LogP contribution in [0.15, 0.2) is 34.2 Å². The van der Waals surface area contributed by atoms with Gasteiger partial charge in [0.25, 0.3) is 0 Å². The van der Waals surface area contributed by atoms with Gasteiger partial charge in [0.15, 0.2) is 5.96 Å². The summed E-state index contributed by atoms with van der Waals surface area (Å²) in [4.78, 5) is 18.2. The molecule has 0 radical (unpaired) electrons. The Morgan fingerprint density at radius 3 is 2.55 bits per heavy atom. The molecule has 0 amide bonds. The lowest BCUT2D eigenvalue weighted by molar-refractivity contribution is 0.428. The minimum absolute atomic E-state index is 0. The van der Waals surface area contributed by atoms with Crippen LogP contribution in [0, 0.1) is 0 Å². The van der Waals surface area contributed by atoms with E-state index in [1.165, 1.54) is 25.7 Å². The van der Waals surface area contributed by atoms with Crippen molar-refractivity contribution < 1.29 is 0 Å². The van der Waals surface area contributed by atoms with E-state index in [1.54, 1.807) is 16.7 Å². The number of nitrogens with two attached hydrogens (primary N) is 1. The van der Waals surface area contributed by atoms with Gasteiger partial charge < -0.3 is 15.2 Å². The van der Waals surface area contributed by atoms with Gasteiger partial charge >= 0.3 is 0 Å². The molecule has 2 rings (SSSR count). The second kappa shape index (κ2) is 10.6. The van der Waals surface area contributed by atoms with Crippen LogP contribution in [0.25, 0.3) is 0 Å². The van der Waals surface area contributed by atoms with Gasteiger partial charge in [0.05, 0.1) is 0 Å². The summed E-state index contributed by atoms with van der Waals surface area (Å²) in [7, 11) is 0. The molecule has 1 aliphatic rings. The van der Waals surface area contributed by atoms with E-state index in [1.807, 2.05) is 12.3 Å². The zero-order chi connectivity index (χ0) is 14.9. The maximum atomic E-state index is 11.5. The number of aliphatic imine (C=N–C) groups is 1. The van der Waals surface area contributed by atoms with Crippen molar-refractivity contribution in [3.63, 3.8) is 0 Å².